The van der Waals surface area contributed by atoms with Crippen LogP contribution in [0.3, 0.4) is 0 Å². The molecule has 0 aliphatic heterocycles. The third-order valence-corrected chi connectivity index (χ3v) is 6.03. The van der Waals surface area contributed by atoms with E-state index in [4.69, 9.17) is 4.42 Å². The molecule has 0 saturated carbocycles. The lowest BCUT2D eigenvalue weighted by Crippen LogP contribution is -2.26. The van der Waals surface area contributed by atoms with E-state index in [1.807, 2.05) is 17.5 Å². The monoisotopic (exact) mass is 390 g/mol. The summed E-state index contributed by atoms with van der Waals surface area (Å²) in [5.74, 6) is 0.296. The second-order valence-electron chi connectivity index (χ2n) is 5.51. The maximum absolute atomic E-state index is 12.3. The van der Waals surface area contributed by atoms with Crippen LogP contribution in [0.15, 0.2) is 69.5 Å². The number of rotatable bonds is 8. The van der Waals surface area contributed by atoms with Gasteiger partial charge in [-0.1, -0.05) is 6.07 Å². The molecule has 8 heteroatoms. The van der Waals surface area contributed by atoms with Crippen molar-refractivity contribution in [1.29, 1.82) is 0 Å². The smallest absolute Gasteiger partial charge is 0.251 e. The highest BCUT2D eigenvalue weighted by Crippen LogP contribution is 2.12. The van der Waals surface area contributed by atoms with Crippen molar-refractivity contribution in [2.24, 2.45) is 0 Å². The van der Waals surface area contributed by atoms with Gasteiger partial charge in [-0.15, -0.1) is 11.3 Å². The Balaban J connectivity index is 1.55. The lowest BCUT2D eigenvalue weighted by atomic mass is 10.2. The molecule has 2 heterocycles. The summed E-state index contributed by atoms with van der Waals surface area (Å²) in [5.41, 5.74) is 0.418. The van der Waals surface area contributed by atoms with Crippen LogP contribution in [0.1, 0.15) is 21.0 Å². The Morgan fingerprint density at radius 1 is 1.08 bits per heavy atom. The molecule has 26 heavy (non-hydrogen) atoms. The molecule has 0 fully saturated rings. The largest absolute Gasteiger partial charge is 0.468 e. The normalized spacial score (nSPS) is 11.4. The second-order valence-corrected chi connectivity index (χ2v) is 8.31. The molecule has 0 radical (unpaired) electrons. The van der Waals surface area contributed by atoms with Crippen molar-refractivity contribution in [3.63, 3.8) is 0 Å². The number of amides is 1. The highest BCUT2D eigenvalue weighted by molar-refractivity contribution is 7.89. The number of carbonyl (C=O) groups excluding carboxylic acids is 1. The quantitative estimate of drug-likeness (QED) is 0.619. The Labute approximate surface area is 155 Å². The van der Waals surface area contributed by atoms with Crippen molar-refractivity contribution in [2.75, 3.05) is 6.54 Å². The van der Waals surface area contributed by atoms with E-state index >= 15 is 0 Å². The van der Waals surface area contributed by atoms with E-state index in [2.05, 4.69) is 10.0 Å². The van der Waals surface area contributed by atoms with Gasteiger partial charge in [-0.2, -0.15) is 0 Å². The minimum Gasteiger partial charge on any atom is -0.468 e. The predicted molar refractivity (Wildman–Crippen MR) is 99.5 cm³/mol. The summed E-state index contributed by atoms with van der Waals surface area (Å²) in [6.45, 7) is 0.602. The zero-order valence-electron chi connectivity index (χ0n) is 13.8. The molecule has 0 atom stereocenters. The van der Waals surface area contributed by atoms with Gasteiger partial charge in [0.1, 0.15) is 5.76 Å². The molecular weight excluding hydrogens is 372 g/mol. The first kappa shape index (κ1) is 18.4. The highest BCUT2D eigenvalue weighted by Gasteiger charge is 2.15. The zero-order chi connectivity index (χ0) is 18.4. The number of nitrogens with one attached hydrogen (secondary N) is 2. The first-order valence-electron chi connectivity index (χ1n) is 7.97. The van der Waals surface area contributed by atoms with Crippen molar-refractivity contribution in [3.05, 3.63) is 76.4 Å². The van der Waals surface area contributed by atoms with E-state index in [1.165, 1.54) is 35.4 Å². The fraction of sp³-hybridized carbons (Fsp3) is 0.167. The molecule has 1 amide bonds. The maximum Gasteiger partial charge on any atom is 0.251 e. The van der Waals surface area contributed by atoms with Crippen LogP contribution in [-0.2, 0) is 23.0 Å². The Morgan fingerprint density at radius 2 is 1.88 bits per heavy atom. The van der Waals surface area contributed by atoms with Gasteiger partial charge in [0.15, 0.2) is 0 Å². The van der Waals surface area contributed by atoms with Crippen LogP contribution in [0.2, 0.25) is 0 Å². The first-order valence-corrected chi connectivity index (χ1v) is 10.3. The molecule has 0 unspecified atom stereocenters. The number of thiophene rings is 1. The third-order valence-electron chi connectivity index (χ3n) is 3.68. The number of benzene rings is 1. The predicted octanol–water partition coefficient (Wildman–Crippen LogP) is 2.79. The van der Waals surface area contributed by atoms with Crippen LogP contribution in [0, 0.1) is 0 Å². The summed E-state index contributed by atoms with van der Waals surface area (Å²) >= 11 is 1.65. The van der Waals surface area contributed by atoms with Gasteiger partial charge >= 0.3 is 0 Å². The fourth-order valence-electron chi connectivity index (χ4n) is 2.30. The lowest BCUT2D eigenvalue weighted by Gasteiger charge is -2.07. The molecule has 3 rings (SSSR count). The molecule has 0 spiro atoms. The minimum atomic E-state index is -3.67. The van der Waals surface area contributed by atoms with Crippen LogP contribution in [-0.4, -0.2) is 20.9 Å². The summed E-state index contributed by atoms with van der Waals surface area (Å²) in [4.78, 5) is 13.4. The van der Waals surface area contributed by atoms with Gasteiger partial charge in [0.25, 0.3) is 5.91 Å². The van der Waals surface area contributed by atoms with Gasteiger partial charge in [0.2, 0.25) is 10.0 Å². The van der Waals surface area contributed by atoms with E-state index in [1.54, 1.807) is 23.5 Å². The molecule has 0 bridgehead atoms. The van der Waals surface area contributed by atoms with E-state index in [0.717, 1.165) is 6.42 Å². The molecule has 6 nitrogen and oxygen atoms in total. The second kappa shape index (κ2) is 8.31. The number of hydrogen-bond donors (Lipinski definition) is 2. The van der Waals surface area contributed by atoms with Gasteiger partial charge in [-0.3, -0.25) is 4.79 Å². The summed E-state index contributed by atoms with van der Waals surface area (Å²) in [5, 5.41) is 4.83. The number of sulfonamides is 1. The number of hydrogen-bond acceptors (Lipinski definition) is 5. The van der Waals surface area contributed by atoms with Gasteiger partial charge < -0.3 is 9.73 Å². The Morgan fingerprint density at radius 3 is 2.54 bits per heavy atom. The molecule has 2 N–H and O–H groups in total. The van der Waals surface area contributed by atoms with Crippen molar-refractivity contribution in [1.82, 2.24) is 10.0 Å². The van der Waals surface area contributed by atoms with E-state index in [-0.39, 0.29) is 17.3 Å². The Hall–Kier alpha value is -2.42. The Kier molecular flexibility index (Phi) is 5.87. The molecule has 3 aromatic rings. The van der Waals surface area contributed by atoms with Crippen molar-refractivity contribution in [3.8, 4) is 0 Å². The molecule has 136 valence electrons. The van der Waals surface area contributed by atoms with E-state index in [9.17, 15) is 13.2 Å². The summed E-state index contributed by atoms with van der Waals surface area (Å²) in [6.07, 6.45) is 2.25. The summed E-state index contributed by atoms with van der Waals surface area (Å²) in [7, 11) is -3.67. The summed E-state index contributed by atoms with van der Waals surface area (Å²) in [6, 6.07) is 13.2. The summed E-state index contributed by atoms with van der Waals surface area (Å²) < 4.78 is 32.1. The molecule has 1 aromatic carbocycles. The molecular formula is C18H18N2O4S2. The fourth-order valence-corrected chi connectivity index (χ4v) is 4.01. The highest BCUT2D eigenvalue weighted by atomic mass is 32.2. The van der Waals surface area contributed by atoms with E-state index < -0.39 is 10.0 Å². The van der Waals surface area contributed by atoms with Crippen molar-refractivity contribution >= 4 is 27.3 Å². The van der Waals surface area contributed by atoms with Crippen LogP contribution < -0.4 is 10.0 Å². The maximum atomic E-state index is 12.3. The standard InChI is InChI=1S/C18H18N2O4S2/c21-18(19-10-9-16-4-2-12-25-16)14-5-7-17(8-6-14)26(22,23)20-13-15-3-1-11-24-15/h1-8,11-12,20H,9-10,13H2,(H,19,21). The SMILES string of the molecule is O=C(NCCc1cccs1)c1ccc(S(=O)(=O)NCc2ccco2)cc1. The van der Waals surface area contributed by atoms with Gasteiger partial charge in [-0.25, -0.2) is 13.1 Å². The molecule has 0 aliphatic rings. The third kappa shape index (κ3) is 4.81. The van der Waals surface area contributed by atoms with Gasteiger partial charge in [0, 0.05) is 17.0 Å². The average Bonchev–Trinajstić information content (AvgIpc) is 3.34. The van der Waals surface area contributed by atoms with Crippen molar-refractivity contribution < 1.29 is 17.6 Å². The van der Waals surface area contributed by atoms with Crippen LogP contribution in [0.25, 0.3) is 0 Å². The van der Waals surface area contributed by atoms with Crippen LogP contribution in [0.5, 0.6) is 0 Å². The van der Waals surface area contributed by atoms with Crippen molar-refractivity contribution in [2.45, 2.75) is 17.9 Å². The molecule has 2 aromatic heterocycles. The number of carbonyl (C=O) groups is 1. The zero-order valence-corrected chi connectivity index (χ0v) is 15.5. The minimum absolute atomic E-state index is 0.0697. The first-order chi connectivity index (χ1) is 12.5. The van der Waals surface area contributed by atoms with Gasteiger partial charge in [-0.05, 0) is 54.3 Å². The molecule has 0 saturated heterocycles. The topological polar surface area (TPSA) is 88.4 Å². The lowest BCUT2D eigenvalue weighted by molar-refractivity contribution is 0.0954. The van der Waals surface area contributed by atoms with Crippen LogP contribution >= 0.6 is 11.3 Å². The van der Waals surface area contributed by atoms with Gasteiger partial charge in [0.05, 0.1) is 17.7 Å². The van der Waals surface area contributed by atoms with Crippen LogP contribution in [0.4, 0.5) is 0 Å². The Bertz CT molecular complexity index is 932. The molecule has 0 aliphatic carbocycles. The van der Waals surface area contributed by atoms with E-state index in [0.29, 0.717) is 17.9 Å². The number of furan rings is 1. The average molecular weight is 390 g/mol.